The average Bonchev–Trinajstić information content (AvgIpc) is 2.25. The number of ether oxygens (including phenoxy) is 1. The largest absolute Gasteiger partial charge is 0.450 e. The summed E-state index contributed by atoms with van der Waals surface area (Å²) in [5.74, 6) is 0.887. The quantitative estimate of drug-likeness (QED) is 0.820. The Balaban J connectivity index is 1.75. The van der Waals surface area contributed by atoms with E-state index in [2.05, 4.69) is 17.1 Å². The van der Waals surface area contributed by atoms with Crippen LogP contribution in [0.1, 0.15) is 39.5 Å². The Bertz CT molecular complexity index is 264. The van der Waals surface area contributed by atoms with E-state index in [4.69, 9.17) is 4.74 Å². The van der Waals surface area contributed by atoms with Crippen LogP contribution in [0.4, 0.5) is 4.79 Å². The van der Waals surface area contributed by atoms with Gasteiger partial charge in [0.2, 0.25) is 0 Å². The Kier molecular flexibility index (Phi) is 4.26. The molecule has 1 saturated carbocycles. The molecular weight excluding hydrogens is 216 g/mol. The van der Waals surface area contributed by atoms with Gasteiger partial charge in [0.1, 0.15) is 0 Å². The number of nitrogens with one attached hydrogen (secondary N) is 1. The lowest BCUT2D eigenvalue weighted by Crippen LogP contribution is -2.54. The first-order valence-corrected chi connectivity index (χ1v) is 6.86. The summed E-state index contributed by atoms with van der Waals surface area (Å²) in [5.41, 5.74) is 0. The van der Waals surface area contributed by atoms with E-state index in [0.29, 0.717) is 6.61 Å². The number of carbonyl (C=O) groups is 1. The number of likely N-dealkylation sites (tertiary alicyclic amines) is 1. The minimum Gasteiger partial charge on any atom is -0.450 e. The molecule has 1 amide bonds. The monoisotopic (exact) mass is 240 g/mol. The summed E-state index contributed by atoms with van der Waals surface area (Å²) in [6.45, 7) is 6.79. The van der Waals surface area contributed by atoms with Gasteiger partial charge in [0.15, 0.2) is 0 Å². The fourth-order valence-corrected chi connectivity index (χ4v) is 2.95. The van der Waals surface area contributed by atoms with Gasteiger partial charge in [-0.1, -0.05) is 6.92 Å². The van der Waals surface area contributed by atoms with E-state index in [0.717, 1.165) is 24.9 Å². The van der Waals surface area contributed by atoms with Crippen molar-refractivity contribution < 1.29 is 9.53 Å². The summed E-state index contributed by atoms with van der Waals surface area (Å²) in [6.07, 6.45) is 4.65. The molecule has 4 heteroatoms. The van der Waals surface area contributed by atoms with E-state index in [1.807, 2.05) is 6.92 Å². The number of alkyl carbamates (subject to hydrolysis) is 1. The van der Waals surface area contributed by atoms with Crippen molar-refractivity contribution in [1.82, 2.24) is 10.2 Å². The van der Waals surface area contributed by atoms with E-state index in [1.54, 1.807) is 0 Å². The van der Waals surface area contributed by atoms with Crippen LogP contribution in [0.15, 0.2) is 0 Å². The molecule has 2 fully saturated rings. The fraction of sp³-hybridized carbons (Fsp3) is 0.923. The van der Waals surface area contributed by atoms with Gasteiger partial charge in [-0.25, -0.2) is 4.79 Å². The third kappa shape index (κ3) is 3.35. The Hall–Kier alpha value is -0.770. The maximum Gasteiger partial charge on any atom is 0.407 e. The number of piperidine rings is 1. The second kappa shape index (κ2) is 5.71. The number of hydrogen-bond donors (Lipinski definition) is 1. The Morgan fingerprint density at radius 3 is 2.88 bits per heavy atom. The second-order valence-electron chi connectivity index (χ2n) is 5.43. The van der Waals surface area contributed by atoms with Crippen molar-refractivity contribution in [3.8, 4) is 0 Å². The van der Waals surface area contributed by atoms with Gasteiger partial charge in [0.25, 0.3) is 0 Å². The van der Waals surface area contributed by atoms with Gasteiger partial charge in [-0.15, -0.1) is 0 Å². The summed E-state index contributed by atoms with van der Waals surface area (Å²) in [4.78, 5) is 13.9. The van der Waals surface area contributed by atoms with Crippen molar-refractivity contribution in [2.45, 2.75) is 51.6 Å². The molecule has 1 aliphatic carbocycles. The molecule has 1 saturated heterocycles. The van der Waals surface area contributed by atoms with Crippen molar-refractivity contribution in [2.24, 2.45) is 5.92 Å². The molecule has 0 aromatic rings. The number of rotatable bonds is 3. The summed E-state index contributed by atoms with van der Waals surface area (Å²) < 4.78 is 4.93. The van der Waals surface area contributed by atoms with Crippen LogP contribution in [0.2, 0.25) is 0 Å². The molecule has 2 aliphatic rings. The zero-order valence-electron chi connectivity index (χ0n) is 10.9. The lowest BCUT2D eigenvalue weighted by molar-refractivity contribution is 0.0548. The molecule has 1 aliphatic heterocycles. The molecule has 98 valence electrons. The van der Waals surface area contributed by atoms with Crippen LogP contribution < -0.4 is 5.32 Å². The molecule has 0 radical (unpaired) electrons. The summed E-state index contributed by atoms with van der Waals surface area (Å²) in [6, 6.07) is 1.04. The fourth-order valence-electron chi connectivity index (χ4n) is 2.95. The van der Waals surface area contributed by atoms with Crippen LogP contribution in [0.25, 0.3) is 0 Å². The number of carbonyl (C=O) groups excluding carboxylic acids is 1. The van der Waals surface area contributed by atoms with Crippen LogP contribution >= 0.6 is 0 Å². The van der Waals surface area contributed by atoms with Crippen LogP contribution in [-0.2, 0) is 4.74 Å². The van der Waals surface area contributed by atoms with Gasteiger partial charge in [0, 0.05) is 18.6 Å². The molecule has 2 rings (SSSR count). The standard InChI is InChI=1S/C13H24N2O2/c1-3-17-13(16)14-11-5-4-6-15(9-11)12-7-10(2)8-12/h10-12H,3-9H2,1-2H3,(H,14,16). The van der Waals surface area contributed by atoms with Gasteiger partial charge >= 0.3 is 6.09 Å². The lowest BCUT2D eigenvalue weighted by Gasteiger charge is -2.45. The Labute approximate surface area is 104 Å². The summed E-state index contributed by atoms with van der Waals surface area (Å²) >= 11 is 0. The zero-order valence-corrected chi connectivity index (χ0v) is 10.9. The van der Waals surface area contributed by atoms with Gasteiger partial charge < -0.3 is 10.1 Å². The first kappa shape index (κ1) is 12.7. The highest BCUT2D eigenvalue weighted by Crippen LogP contribution is 2.32. The van der Waals surface area contributed by atoms with Gasteiger partial charge in [0.05, 0.1) is 6.61 Å². The maximum absolute atomic E-state index is 11.4. The summed E-state index contributed by atoms with van der Waals surface area (Å²) in [5, 5.41) is 2.96. The molecule has 17 heavy (non-hydrogen) atoms. The lowest BCUT2D eigenvalue weighted by atomic mass is 9.80. The Morgan fingerprint density at radius 1 is 1.47 bits per heavy atom. The van der Waals surface area contributed by atoms with E-state index in [-0.39, 0.29) is 12.1 Å². The molecule has 0 spiro atoms. The molecule has 1 N–H and O–H groups in total. The average molecular weight is 240 g/mol. The highest BCUT2D eigenvalue weighted by atomic mass is 16.5. The van der Waals surface area contributed by atoms with Crippen molar-refractivity contribution in [2.75, 3.05) is 19.7 Å². The molecule has 4 nitrogen and oxygen atoms in total. The Morgan fingerprint density at radius 2 is 2.24 bits per heavy atom. The van der Waals surface area contributed by atoms with E-state index in [9.17, 15) is 4.79 Å². The number of nitrogens with zero attached hydrogens (tertiary/aromatic N) is 1. The highest BCUT2D eigenvalue weighted by Gasteiger charge is 2.33. The van der Waals surface area contributed by atoms with Crippen molar-refractivity contribution in [1.29, 1.82) is 0 Å². The van der Waals surface area contributed by atoms with Crippen molar-refractivity contribution in [3.63, 3.8) is 0 Å². The minimum absolute atomic E-state index is 0.263. The van der Waals surface area contributed by atoms with Gasteiger partial charge in [-0.3, -0.25) is 4.90 Å². The molecule has 1 heterocycles. The summed E-state index contributed by atoms with van der Waals surface area (Å²) in [7, 11) is 0. The topological polar surface area (TPSA) is 41.6 Å². The van der Waals surface area contributed by atoms with E-state index < -0.39 is 0 Å². The van der Waals surface area contributed by atoms with Crippen molar-refractivity contribution in [3.05, 3.63) is 0 Å². The van der Waals surface area contributed by atoms with E-state index in [1.165, 1.54) is 25.8 Å². The van der Waals surface area contributed by atoms with Crippen LogP contribution in [-0.4, -0.2) is 42.8 Å². The molecular formula is C13H24N2O2. The predicted molar refractivity (Wildman–Crippen MR) is 66.9 cm³/mol. The van der Waals surface area contributed by atoms with Crippen LogP contribution in [0.3, 0.4) is 0 Å². The first-order chi connectivity index (χ1) is 8.19. The van der Waals surface area contributed by atoms with E-state index >= 15 is 0 Å². The highest BCUT2D eigenvalue weighted by molar-refractivity contribution is 5.67. The minimum atomic E-state index is -0.263. The second-order valence-corrected chi connectivity index (χ2v) is 5.43. The van der Waals surface area contributed by atoms with Crippen LogP contribution in [0, 0.1) is 5.92 Å². The molecule has 0 aromatic carbocycles. The van der Waals surface area contributed by atoms with Gasteiger partial charge in [-0.05, 0) is 45.1 Å². The third-order valence-electron chi connectivity index (χ3n) is 3.92. The normalized spacial score (nSPS) is 33.9. The smallest absolute Gasteiger partial charge is 0.407 e. The van der Waals surface area contributed by atoms with Gasteiger partial charge in [-0.2, -0.15) is 0 Å². The third-order valence-corrected chi connectivity index (χ3v) is 3.92. The molecule has 0 bridgehead atoms. The number of amides is 1. The number of hydrogen-bond acceptors (Lipinski definition) is 3. The maximum atomic E-state index is 11.4. The zero-order chi connectivity index (χ0) is 12.3. The van der Waals surface area contributed by atoms with Crippen molar-refractivity contribution >= 4 is 6.09 Å². The SMILES string of the molecule is CCOC(=O)NC1CCCN(C2CC(C)C2)C1. The van der Waals surface area contributed by atoms with Crippen LogP contribution in [0.5, 0.6) is 0 Å². The molecule has 1 unspecified atom stereocenters. The predicted octanol–water partition coefficient (Wildman–Crippen LogP) is 2.00. The first-order valence-electron chi connectivity index (χ1n) is 6.86. The molecule has 1 atom stereocenters. The molecule has 0 aromatic heterocycles.